The SMILES string of the molecule is CCC[Si](C)=[Zr+2].Cc1ccc(-c2cccc3[cH-]c(CC4CCCC4)cc23)cc1.Cc1ccc(-c2cccc3[cH-]c(CC4CCCC4)cc23)cc1.[Cl-].[Cl-]. The van der Waals surface area contributed by atoms with E-state index in [0.717, 1.165) is 11.8 Å². The monoisotopic (exact) mass is 820 g/mol. The van der Waals surface area contributed by atoms with E-state index in [9.17, 15) is 0 Å². The van der Waals surface area contributed by atoms with Crippen molar-refractivity contribution in [1.29, 1.82) is 0 Å². The van der Waals surface area contributed by atoms with Gasteiger partial charge in [0.1, 0.15) is 0 Å². The normalized spacial score (nSPS) is 14.3. The molecule has 0 amide bonds. The molecule has 272 valence electrons. The van der Waals surface area contributed by atoms with E-state index in [-0.39, 0.29) is 30.2 Å². The Morgan fingerprint density at radius 3 is 1.31 bits per heavy atom. The van der Waals surface area contributed by atoms with Crippen molar-refractivity contribution in [3.8, 4) is 22.3 Å². The molecule has 0 aliphatic heterocycles. The second-order valence-corrected chi connectivity index (χ2v) is 23.7. The van der Waals surface area contributed by atoms with Crippen molar-refractivity contribution in [3.63, 3.8) is 0 Å². The summed E-state index contributed by atoms with van der Waals surface area (Å²) < 4.78 is 0. The van der Waals surface area contributed by atoms with E-state index in [1.165, 1.54) is 143 Å². The summed E-state index contributed by atoms with van der Waals surface area (Å²) in [5.74, 6) is 1.83. The predicted molar refractivity (Wildman–Crippen MR) is 217 cm³/mol. The fraction of sp³-hybridized carbons (Fsp3) is 0.375. The van der Waals surface area contributed by atoms with Crippen molar-refractivity contribution in [2.45, 2.75) is 104 Å². The van der Waals surface area contributed by atoms with Gasteiger partial charge in [-0.05, 0) is 49.7 Å². The number of fused-ring (bicyclic) bond motifs is 2. The molecule has 0 saturated heterocycles. The zero-order valence-electron chi connectivity index (χ0n) is 31.8. The van der Waals surface area contributed by atoms with Gasteiger partial charge in [-0.25, -0.2) is 0 Å². The maximum Gasteiger partial charge on any atom is -0.0279 e. The van der Waals surface area contributed by atoms with Crippen LogP contribution in [0.5, 0.6) is 0 Å². The second-order valence-electron chi connectivity index (χ2n) is 15.3. The van der Waals surface area contributed by atoms with Crippen molar-refractivity contribution in [1.82, 2.24) is 0 Å². The Bertz CT molecular complexity index is 1830. The van der Waals surface area contributed by atoms with Crippen molar-refractivity contribution in [2.24, 2.45) is 11.8 Å². The molecule has 2 saturated carbocycles. The number of hydrogen-bond donors (Lipinski definition) is 0. The van der Waals surface area contributed by atoms with Gasteiger partial charge in [0, 0.05) is 0 Å². The first kappa shape index (κ1) is 42.5. The topological polar surface area (TPSA) is 0 Å². The van der Waals surface area contributed by atoms with Crippen LogP contribution in [-0.4, -0.2) is 5.43 Å². The fourth-order valence-corrected chi connectivity index (χ4v) is 10.9. The molecule has 2 fully saturated rings. The average molecular weight is 823 g/mol. The van der Waals surface area contributed by atoms with E-state index in [1.807, 2.05) is 0 Å². The smallest absolute Gasteiger partial charge is 0.0279 e. The Morgan fingerprint density at radius 2 is 0.981 bits per heavy atom. The number of benzene rings is 4. The van der Waals surface area contributed by atoms with Gasteiger partial charge in [-0.1, -0.05) is 134 Å². The van der Waals surface area contributed by atoms with Crippen LogP contribution in [0.2, 0.25) is 12.6 Å². The molecule has 6 aromatic carbocycles. The molecule has 0 nitrogen and oxygen atoms in total. The standard InChI is InChI=1S/2C22H23.C4H10Si.2ClH.Zr/c2*1-16-9-11-19(12-10-16)21-8-4-7-20-14-18(15-22(20)21)13-17-5-2-3-6-17;1-3-4-5-2;;;/h2*4,7-12,14-15,17H,2-3,5-6,13H2,1H3;3-4H2,1-2H3;2*1H;/q2*-1;;;;+2/p-2. The zero-order valence-corrected chi connectivity index (χ0v) is 36.8. The van der Waals surface area contributed by atoms with Crippen LogP contribution in [0.3, 0.4) is 0 Å². The van der Waals surface area contributed by atoms with Crippen LogP contribution < -0.4 is 24.8 Å². The van der Waals surface area contributed by atoms with Crippen molar-refractivity contribution >= 4 is 27.0 Å². The molecule has 2 aliphatic rings. The molecule has 4 heteroatoms. The molecular formula is C48H56Cl2SiZr-2. The first-order valence-corrected chi connectivity index (χ1v) is 25.3. The summed E-state index contributed by atoms with van der Waals surface area (Å²) in [4.78, 5) is 0. The molecule has 2 aliphatic carbocycles. The van der Waals surface area contributed by atoms with Crippen LogP contribution in [0.25, 0.3) is 43.8 Å². The second kappa shape index (κ2) is 21.0. The third-order valence-electron chi connectivity index (χ3n) is 11.0. The van der Waals surface area contributed by atoms with E-state index in [2.05, 4.69) is 137 Å². The van der Waals surface area contributed by atoms with E-state index < -0.39 is 0 Å². The van der Waals surface area contributed by atoms with Crippen LogP contribution in [0.1, 0.15) is 87.0 Å². The predicted octanol–water partition coefficient (Wildman–Crippen LogP) is 8.11. The summed E-state index contributed by atoms with van der Waals surface area (Å²) in [5, 5.41) is 5.62. The molecule has 0 bridgehead atoms. The Kier molecular flexibility index (Phi) is 17.2. The van der Waals surface area contributed by atoms with Gasteiger partial charge >= 0.3 is 54.7 Å². The molecule has 0 heterocycles. The minimum absolute atomic E-state index is 0. The van der Waals surface area contributed by atoms with E-state index in [0.29, 0.717) is 0 Å². The van der Waals surface area contributed by atoms with Crippen LogP contribution in [0, 0.1) is 25.7 Å². The molecule has 0 spiro atoms. The van der Waals surface area contributed by atoms with Gasteiger partial charge in [-0.3, -0.25) is 0 Å². The molecule has 6 aromatic rings. The maximum absolute atomic E-state index is 2.43. The summed E-state index contributed by atoms with van der Waals surface area (Å²) in [6.45, 7) is 8.95. The molecule has 0 atom stereocenters. The van der Waals surface area contributed by atoms with Gasteiger partial charge in [0.25, 0.3) is 0 Å². The largest absolute Gasteiger partial charge is 1.00 e. The average Bonchev–Trinajstić information content (AvgIpc) is 3.94. The van der Waals surface area contributed by atoms with Gasteiger partial charge in [0.15, 0.2) is 0 Å². The van der Waals surface area contributed by atoms with Gasteiger partial charge in [0.2, 0.25) is 0 Å². The van der Waals surface area contributed by atoms with Crippen LogP contribution in [-0.2, 0) is 36.2 Å². The Hall–Kier alpha value is -2.22. The molecule has 0 N–H and O–H groups in total. The van der Waals surface area contributed by atoms with Crippen LogP contribution >= 0.6 is 0 Å². The number of aryl methyl sites for hydroxylation is 2. The quantitative estimate of drug-likeness (QED) is 0.108. The first-order chi connectivity index (χ1) is 24.4. The molecule has 0 aromatic heterocycles. The van der Waals surface area contributed by atoms with Crippen LogP contribution in [0.15, 0.2) is 109 Å². The molecule has 0 radical (unpaired) electrons. The van der Waals surface area contributed by atoms with Crippen molar-refractivity contribution in [3.05, 3.63) is 131 Å². The molecule has 0 unspecified atom stereocenters. The van der Waals surface area contributed by atoms with Gasteiger partial charge in [0.05, 0.1) is 0 Å². The summed E-state index contributed by atoms with van der Waals surface area (Å²) in [5.41, 5.74) is 11.3. The van der Waals surface area contributed by atoms with Crippen LogP contribution in [0.4, 0.5) is 0 Å². The molecular weight excluding hydrogens is 767 g/mol. The summed E-state index contributed by atoms with van der Waals surface area (Å²) in [7, 11) is 0. The third kappa shape index (κ3) is 11.6. The van der Waals surface area contributed by atoms with Gasteiger partial charge in [-0.15, -0.1) is 69.1 Å². The van der Waals surface area contributed by atoms with Gasteiger partial charge < -0.3 is 24.8 Å². The molecule has 8 rings (SSSR count). The summed E-state index contributed by atoms with van der Waals surface area (Å²) in [6.07, 6.45) is 15.3. The maximum atomic E-state index is 2.43. The number of rotatable bonds is 8. The Labute approximate surface area is 342 Å². The molecule has 52 heavy (non-hydrogen) atoms. The van der Waals surface area contributed by atoms with E-state index >= 15 is 0 Å². The van der Waals surface area contributed by atoms with E-state index in [4.69, 9.17) is 0 Å². The zero-order chi connectivity index (χ0) is 34.9. The first-order valence-electron chi connectivity index (χ1n) is 19.4. The third-order valence-corrected chi connectivity index (χ3v) is 14.1. The fourth-order valence-electron chi connectivity index (χ4n) is 8.27. The Balaban J connectivity index is 0.000000195. The van der Waals surface area contributed by atoms with E-state index in [1.54, 1.807) is 23.3 Å². The van der Waals surface area contributed by atoms with Gasteiger partial charge in [-0.2, -0.15) is 12.1 Å². The Morgan fingerprint density at radius 1 is 0.596 bits per heavy atom. The number of hydrogen-bond acceptors (Lipinski definition) is 0. The number of halogens is 2. The van der Waals surface area contributed by atoms with Crippen molar-refractivity contribution in [2.75, 3.05) is 0 Å². The van der Waals surface area contributed by atoms with Crippen molar-refractivity contribution < 1.29 is 48.1 Å². The summed E-state index contributed by atoms with van der Waals surface area (Å²) >= 11 is 1.79. The minimum atomic E-state index is 0. The minimum Gasteiger partial charge on any atom is -1.00 e. The summed E-state index contributed by atoms with van der Waals surface area (Å²) in [6, 6.07) is 42.4.